The molecule has 0 aliphatic heterocycles. The molecule has 0 radical (unpaired) electrons. The second-order valence-electron chi connectivity index (χ2n) is 7.92. The quantitative estimate of drug-likeness (QED) is 0.583. The van der Waals surface area contributed by atoms with Crippen molar-refractivity contribution in [3.05, 3.63) is 71.9 Å². The molecular weight excluding hydrogens is 348 g/mol. The molecule has 2 atom stereocenters. The highest BCUT2D eigenvalue weighted by Crippen LogP contribution is 2.41. The number of rotatable bonds is 7. The number of anilines is 1. The van der Waals surface area contributed by atoms with E-state index in [1.807, 2.05) is 42.5 Å². The van der Waals surface area contributed by atoms with Crippen LogP contribution >= 0.6 is 0 Å². The van der Waals surface area contributed by atoms with Crippen molar-refractivity contribution in [1.29, 1.82) is 0 Å². The van der Waals surface area contributed by atoms with Crippen molar-refractivity contribution in [2.24, 2.45) is 5.92 Å². The number of aromatic nitrogens is 2. The minimum atomic E-state index is -0.0979. The molecule has 0 saturated heterocycles. The average molecular weight is 372 g/mol. The second kappa shape index (κ2) is 7.24. The first kappa shape index (κ1) is 17.2. The zero-order chi connectivity index (χ0) is 18.9. The topological polar surface area (TPSA) is 69.8 Å². The summed E-state index contributed by atoms with van der Waals surface area (Å²) < 4.78 is 0. The Morgan fingerprint density at radius 3 is 2.50 bits per heavy atom. The average Bonchev–Trinajstić information content (AvgIpc) is 3.64. The van der Waals surface area contributed by atoms with Gasteiger partial charge in [-0.15, -0.1) is 0 Å². The SMILES string of the molecule is O=C(Nc1ccc([C@@H]2C[C@H]2NCC2CC2)cc1)c1ccc(-c2ccn[nH]2)cc1. The van der Waals surface area contributed by atoms with Crippen LogP contribution in [0.4, 0.5) is 5.69 Å². The summed E-state index contributed by atoms with van der Waals surface area (Å²) in [6, 6.07) is 18.3. The Morgan fingerprint density at radius 1 is 1.04 bits per heavy atom. The van der Waals surface area contributed by atoms with Crippen molar-refractivity contribution in [3.63, 3.8) is 0 Å². The maximum atomic E-state index is 12.5. The molecule has 5 heteroatoms. The third kappa shape index (κ3) is 3.85. The lowest BCUT2D eigenvalue weighted by atomic mass is 10.1. The molecule has 3 aromatic rings. The van der Waals surface area contributed by atoms with E-state index >= 15 is 0 Å². The highest BCUT2D eigenvalue weighted by atomic mass is 16.1. The minimum Gasteiger partial charge on any atom is -0.322 e. The van der Waals surface area contributed by atoms with E-state index in [4.69, 9.17) is 0 Å². The number of carbonyl (C=O) groups excluding carboxylic acids is 1. The van der Waals surface area contributed by atoms with Crippen LogP contribution in [0.25, 0.3) is 11.3 Å². The number of nitrogens with zero attached hydrogens (tertiary/aromatic N) is 1. The monoisotopic (exact) mass is 372 g/mol. The van der Waals surface area contributed by atoms with E-state index < -0.39 is 0 Å². The maximum absolute atomic E-state index is 12.5. The Kier molecular flexibility index (Phi) is 4.45. The van der Waals surface area contributed by atoms with Gasteiger partial charge < -0.3 is 10.6 Å². The predicted molar refractivity (Wildman–Crippen MR) is 110 cm³/mol. The van der Waals surface area contributed by atoms with E-state index in [9.17, 15) is 4.79 Å². The van der Waals surface area contributed by atoms with Crippen molar-refractivity contribution in [3.8, 4) is 11.3 Å². The summed E-state index contributed by atoms with van der Waals surface area (Å²) in [6.07, 6.45) is 5.73. The fourth-order valence-corrected chi connectivity index (χ4v) is 3.66. The predicted octanol–water partition coefficient (Wildman–Crippen LogP) is 4.18. The molecule has 2 aliphatic carbocycles. The van der Waals surface area contributed by atoms with Gasteiger partial charge in [0.25, 0.3) is 5.91 Å². The van der Waals surface area contributed by atoms with Crippen molar-refractivity contribution in [2.45, 2.75) is 31.2 Å². The first-order valence-corrected chi connectivity index (χ1v) is 10.0. The first-order valence-electron chi connectivity index (χ1n) is 10.0. The van der Waals surface area contributed by atoms with E-state index in [0.29, 0.717) is 17.5 Å². The largest absolute Gasteiger partial charge is 0.322 e. The van der Waals surface area contributed by atoms with Crippen LogP contribution in [0.3, 0.4) is 0 Å². The third-order valence-corrected chi connectivity index (χ3v) is 5.71. The summed E-state index contributed by atoms with van der Waals surface area (Å²) in [5.41, 5.74) is 4.77. The van der Waals surface area contributed by atoms with Gasteiger partial charge in [-0.2, -0.15) is 5.10 Å². The molecule has 1 aromatic heterocycles. The van der Waals surface area contributed by atoms with E-state index in [0.717, 1.165) is 22.9 Å². The van der Waals surface area contributed by atoms with Crippen LogP contribution in [0, 0.1) is 5.92 Å². The molecule has 2 aliphatic rings. The number of amides is 1. The molecule has 3 N–H and O–H groups in total. The van der Waals surface area contributed by atoms with Crippen LogP contribution < -0.4 is 10.6 Å². The van der Waals surface area contributed by atoms with E-state index in [1.54, 1.807) is 6.20 Å². The summed E-state index contributed by atoms with van der Waals surface area (Å²) in [6.45, 7) is 1.18. The standard InChI is InChI=1S/C23H24N4O/c28-23(18-5-3-17(4-6-18)21-11-12-25-27-21)26-19-9-7-16(8-10-19)20-13-22(20)24-14-15-1-2-15/h3-12,15,20,22,24H,1-2,13-14H2,(H,25,27)(H,26,28)/t20-,22+/m0/s1. The van der Waals surface area contributed by atoms with Crippen molar-refractivity contribution < 1.29 is 4.79 Å². The van der Waals surface area contributed by atoms with Crippen LogP contribution in [0.5, 0.6) is 0 Å². The number of carbonyl (C=O) groups is 1. The highest BCUT2D eigenvalue weighted by Gasteiger charge is 2.38. The zero-order valence-electron chi connectivity index (χ0n) is 15.7. The Hall–Kier alpha value is -2.92. The van der Waals surface area contributed by atoms with E-state index in [-0.39, 0.29) is 5.91 Å². The fourth-order valence-electron chi connectivity index (χ4n) is 3.66. The number of H-pyrrole nitrogens is 1. The zero-order valence-corrected chi connectivity index (χ0v) is 15.7. The number of hydrogen-bond donors (Lipinski definition) is 3. The maximum Gasteiger partial charge on any atom is 0.255 e. The number of aromatic amines is 1. The minimum absolute atomic E-state index is 0.0979. The fraction of sp³-hybridized carbons (Fsp3) is 0.304. The van der Waals surface area contributed by atoms with Crippen molar-refractivity contribution in [2.75, 3.05) is 11.9 Å². The van der Waals surface area contributed by atoms with Gasteiger partial charge in [0.15, 0.2) is 0 Å². The lowest BCUT2D eigenvalue weighted by Gasteiger charge is -2.08. The second-order valence-corrected chi connectivity index (χ2v) is 7.92. The van der Waals surface area contributed by atoms with Gasteiger partial charge in [-0.3, -0.25) is 9.89 Å². The van der Waals surface area contributed by atoms with Crippen LogP contribution in [-0.4, -0.2) is 28.7 Å². The Labute approximate surface area is 164 Å². The smallest absolute Gasteiger partial charge is 0.255 e. The number of hydrogen-bond acceptors (Lipinski definition) is 3. The molecule has 2 saturated carbocycles. The van der Waals surface area contributed by atoms with Gasteiger partial charge in [0.2, 0.25) is 0 Å². The van der Waals surface area contributed by atoms with Crippen molar-refractivity contribution in [1.82, 2.24) is 15.5 Å². The van der Waals surface area contributed by atoms with Crippen LogP contribution in [0.1, 0.15) is 41.1 Å². The molecular formula is C23H24N4O. The van der Waals surface area contributed by atoms with Crippen LogP contribution in [-0.2, 0) is 0 Å². The summed E-state index contributed by atoms with van der Waals surface area (Å²) in [5.74, 6) is 1.45. The van der Waals surface area contributed by atoms with Gasteiger partial charge in [0.05, 0.1) is 5.69 Å². The molecule has 1 amide bonds. The van der Waals surface area contributed by atoms with Crippen LogP contribution in [0.15, 0.2) is 60.8 Å². The lowest BCUT2D eigenvalue weighted by Crippen LogP contribution is -2.20. The van der Waals surface area contributed by atoms with E-state index in [1.165, 1.54) is 31.4 Å². The van der Waals surface area contributed by atoms with E-state index in [2.05, 4.69) is 33.0 Å². The molecule has 0 spiro atoms. The van der Waals surface area contributed by atoms with Gasteiger partial charge in [-0.05, 0) is 73.2 Å². The van der Waals surface area contributed by atoms with Gasteiger partial charge in [-0.1, -0.05) is 24.3 Å². The third-order valence-electron chi connectivity index (χ3n) is 5.71. The van der Waals surface area contributed by atoms with Gasteiger partial charge in [-0.25, -0.2) is 0 Å². The molecule has 28 heavy (non-hydrogen) atoms. The highest BCUT2D eigenvalue weighted by molar-refractivity contribution is 6.04. The summed E-state index contributed by atoms with van der Waals surface area (Å²) in [7, 11) is 0. The molecule has 0 unspecified atom stereocenters. The molecule has 142 valence electrons. The Balaban J connectivity index is 1.17. The Bertz CT molecular complexity index is 943. The molecule has 2 fully saturated rings. The summed E-state index contributed by atoms with van der Waals surface area (Å²) >= 11 is 0. The molecule has 2 aromatic carbocycles. The molecule has 5 nitrogen and oxygen atoms in total. The van der Waals surface area contributed by atoms with Gasteiger partial charge in [0, 0.05) is 29.4 Å². The normalized spacial score (nSPS) is 20.7. The molecule has 0 bridgehead atoms. The molecule has 5 rings (SSSR count). The van der Waals surface area contributed by atoms with Crippen molar-refractivity contribution >= 4 is 11.6 Å². The molecule has 1 heterocycles. The van der Waals surface area contributed by atoms with Gasteiger partial charge in [0.1, 0.15) is 0 Å². The van der Waals surface area contributed by atoms with Gasteiger partial charge >= 0.3 is 0 Å². The number of benzene rings is 2. The summed E-state index contributed by atoms with van der Waals surface area (Å²) in [4.78, 5) is 12.5. The Morgan fingerprint density at radius 2 is 1.82 bits per heavy atom. The number of nitrogens with one attached hydrogen (secondary N) is 3. The lowest BCUT2D eigenvalue weighted by molar-refractivity contribution is 0.102. The van der Waals surface area contributed by atoms with Crippen LogP contribution in [0.2, 0.25) is 0 Å². The first-order chi connectivity index (χ1) is 13.8. The summed E-state index contributed by atoms with van der Waals surface area (Å²) in [5, 5.41) is 13.5.